The molecule has 0 bridgehead atoms. The molecule has 0 spiro atoms. The lowest BCUT2D eigenvalue weighted by Gasteiger charge is -2.11. The number of benzene rings is 2. The first-order valence-electron chi connectivity index (χ1n) is 5.91. The number of carbonyl (C=O) groups excluding carboxylic acids is 1. The van der Waals surface area contributed by atoms with Crippen molar-refractivity contribution in [3.05, 3.63) is 46.4 Å². The van der Waals surface area contributed by atoms with Gasteiger partial charge in [0.05, 0.1) is 0 Å². The van der Waals surface area contributed by atoms with Gasteiger partial charge in [-0.2, -0.15) is 13.2 Å². The molecular weight excluding hydrogens is 335 g/mol. The Hall–Kier alpha value is -1.56. The van der Waals surface area contributed by atoms with Gasteiger partial charge in [-0.1, -0.05) is 46.3 Å². The van der Waals surface area contributed by atoms with Gasteiger partial charge in [-0.05, 0) is 28.8 Å². The number of halogens is 4. The summed E-state index contributed by atoms with van der Waals surface area (Å²) >= 11 is 3.39. The minimum atomic E-state index is -4.84. The van der Waals surface area contributed by atoms with Gasteiger partial charge in [-0.15, -0.1) is 0 Å². The number of alkyl halides is 3. The van der Waals surface area contributed by atoms with Gasteiger partial charge < -0.3 is 5.32 Å². The summed E-state index contributed by atoms with van der Waals surface area (Å²) in [5.41, 5.74) is 0.880. The Bertz CT molecular complexity index is 640. The quantitative estimate of drug-likeness (QED) is 0.900. The Kier molecular flexibility index (Phi) is 4.32. The van der Waals surface area contributed by atoms with E-state index in [4.69, 9.17) is 0 Å². The summed E-state index contributed by atoms with van der Waals surface area (Å²) in [6.07, 6.45) is -4.51. The highest BCUT2D eigenvalue weighted by Crippen LogP contribution is 2.26. The molecule has 2 aromatic carbocycles. The van der Waals surface area contributed by atoms with Crippen molar-refractivity contribution in [1.82, 2.24) is 5.32 Å². The zero-order valence-corrected chi connectivity index (χ0v) is 11.9. The first-order valence-corrected chi connectivity index (χ1v) is 6.70. The summed E-state index contributed by atoms with van der Waals surface area (Å²) in [6.45, 7) is -0.0645. The molecule has 0 heterocycles. The Morgan fingerprint density at radius 2 is 1.85 bits per heavy atom. The van der Waals surface area contributed by atoms with Crippen LogP contribution in [0, 0.1) is 0 Å². The first-order chi connectivity index (χ1) is 9.39. The van der Waals surface area contributed by atoms with Gasteiger partial charge in [0.1, 0.15) is 0 Å². The highest BCUT2D eigenvalue weighted by atomic mass is 79.9. The predicted molar refractivity (Wildman–Crippen MR) is 74.4 cm³/mol. The van der Waals surface area contributed by atoms with E-state index in [0.29, 0.717) is 6.42 Å². The van der Waals surface area contributed by atoms with E-state index in [1.165, 1.54) is 0 Å². The molecule has 0 atom stereocenters. The van der Waals surface area contributed by atoms with Crippen LogP contribution in [0.3, 0.4) is 0 Å². The highest BCUT2D eigenvalue weighted by molar-refractivity contribution is 9.10. The SMILES string of the molecule is O=C(NCCc1c(Br)ccc2ccccc12)C(F)(F)F. The molecule has 20 heavy (non-hydrogen) atoms. The Labute approximate surface area is 122 Å². The second kappa shape index (κ2) is 5.83. The van der Waals surface area contributed by atoms with Crippen molar-refractivity contribution in [2.24, 2.45) is 0 Å². The number of carbonyl (C=O) groups is 1. The summed E-state index contributed by atoms with van der Waals surface area (Å²) in [5, 5.41) is 3.85. The number of fused-ring (bicyclic) bond motifs is 1. The minimum absolute atomic E-state index is 0.0645. The number of rotatable bonds is 3. The van der Waals surface area contributed by atoms with E-state index in [1.54, 1.807) is 0 Å². The lowest BCUT2D eigenvalue weighted by Crippen LogP contribution is -2.37. The normalized spacial score (nSPS) is 11.6. The summed E-state index contributed by atoms with van der Waals surface area (Å²) < 4.78 is 37.1. The Morgan fingerprint density at radius 3 is 2.55 bits per heavy atom. The first kappa shape index (κ1) is 14.8. The maximum absolute atomic E-state index is 12.1. The molecule has 106 valence electrons. The van der Waals surface area contributed by atoms with Crippen molar-refractivity contribution < 1.29 is 18.0 Å². The number of hydrogen-bond donors (Lipinski definition) is 1. The molecule has 0 saturated carbocycles. The Balaban J connectivity index is 2.14. The molecule has 0 fully saturated rings. The smallest absolute Gasteiger partial charge is 0.348 e. The third-order valence-electron chi connectivity index (χ3n) is 2.90. The molecule has 6 heteroatoms. The monoisotopic (exact) mass is 345 g/mol. The third kappa shape index (κ3) is 3.30. The largest absolute Gasteiger partial charge is 0.471 e. The van der Waals surface area contributed by atoms with Crippen LogP contribution < -0.4 is 5.32 Å². The second-order valence-electron chi connectivity index (χ2n) is 4.25. The zero-order valence-electron chi connectivity index (χ0n) is 10.3. The van der Waals surface area contributed by atoms with Gasteiger partial charge in [0.2, 0.25) is 0 Å². The number of amides is 1. The van der Waals surface area contributed by atoms with Crippen molar-refractivity contribution in [2.45, 2.75) is 12.6 Å². The highest BCUT2D eigenvalue weighted by Gasteiger charge is 2.38. The second-order valence-corrected chi connectivity index (χ2v) is 5.11. The van der Waals surface area contributed by atoms with E-state index in [2.05, 4.69) is 15.9 Å². The van der Waals surface area contributed by atoms with E-state index in [0.717, 1.165) is 20.8 Å². The number of nitrogens with one attached hydrogen (secondary N) is 1. The molecule has 0 aromatic heterocycles. The topological polar surface area (TPSA) is 29.1 Å². The van der Waals surface area contributed by atoms with Crippen molar-refractivity contribution in [2.75, 3.05) is 6.54 Å². The van der Waals surface area contributed by atoms with Crippen LogP contribution >= 0.6 is 15.9 Å². The van der Waals surface area contributed by atoms with Crippen LogP contribution in [0.2, 0.25) is 0 Å². The van der Waals surface area contributed by atoms with Crippen molar-refractivity contribution in [3.63, 3.8) is 0 Å². The van der Waals surface area contributed by atoms with Gasteiger partial charge in [-0.25, -0.2) is 0 Å². The van der Waals surface area contributed by atoms with E-state index in [9.17, 15) is 18.0 Å². The van der Waals surface area contributed by atoms with Crippen molar-refractivity contribution >= 4 is 32.6 Å². The van der Waals surface area contributed by atoms with Crippen LogP contribution in [-0.4, -0.2) is 18.6 Å². The summed E-state index contributed by atoms with van der Waals surface area (Å²) in [4.78, 5) is 10.8. The standard InChI is InChI=1S/C14H11BrF3NO/c15-12-6-5-9-3-1-2-4-10(9)11(12)7-8-19-13(20)14(16,17)18/h1-6H,7-8H2,(H,19,20). The molecule has 0 aliphatic carbocycles. The van der Waals surface area contributed by atoms with E-state index < -0.39 is 12.1 Å². The van der Waals surface area contributed by atoms with Crippen LogP contribution in [0.5, 0.6) is 0 Å². The van der Waals surface area contributed by atoms with E-state index >= 15 is 0 Å². The maximum Gasteiger partial charge on any atom is 0.471 e. The molecule has 2 nitrogen and oxygen atoms in total. The Morgan fingerprint density at radius 1 is 1.15 bits per heavy atom. The lowest BCUT2D eigenvalue weighted by molar-refractivity contribution is -0.173. The van der Waals surface area contributed by atoms with E-state index in [-0.39, 0.29) is 6.54 Å². The van der Waals surface area contributed by atoms with Crippen LogP contribution in [0.1, 0.15) is 5.56 Å². The molecular formula is C14H11BrF3NO. The molecule has 0 unspecified atom stereocenters. The van der Waals surface area contributed by atoms with Crippen LogP contribution in [0.25, 0.3) is 10.8 Å². The van der Waals surface area contributed by atoms with Crippen LogP contribution in [0.4, 0.5) is 13.2 Å². The summed E-state index contributed by atoms with van der Waals surface area (Å²) in [6, 6.07) is 11.4. The molecule has 0 saturated heterocycles. The van der Waals surface area contributed by atoms with Gasteiger partial charge in [0.15, 0.2) is 0 Å². The fourth-order valence-corrected chi connectivity index (χ4v) is 2.51. The fourth-order valence-electron chi connectivity index (χ4n) is 1.96. The third-order valence-corrected chi connectivity index (χ3v) is 3.64. The predicted octanol–water partition coefficient (Wildman–Crippen LogP) is 3.82. The van der Waals surface area contributed by atoms with Gasteiger partial charge in [0.25, 0.3) is 0 Å². The molecule has 1 N–H and O–H groups in total. The molecule has 0 aliphatic heterocycles. The van der Waals surface area contributed by atoms with Crippen LogP contribution in [-0.2, 0) is 11.2 Å². The van der Waals surface area contributed by atoms with Crippen molar-refractivity contribution in [1.29, 1.82) is 0 Å². The molecule has 0 radical (unpaired) electrons. The molecule has 2 rings (SSSR count). The summed E-state index contributed by atoms with van der Waals surface area (Å²) in [5.74, 6) is -1.91. The van der Waals surface area contributed by atoms with Crippen molar-refractivity contribution in [3.8, 4) is 0 Å². The zero-order chi connectivity index (χ0) is 14.8. The van der Waals surface area contributed by atoms with Gasteiger partial charge in [-0.3, -0.25) is 4.79 Å². The summed E-state index contributed by atoms with van der Waals surface area (Å²) in [7, 11) is 0. The molecule has 1 amide bonds. The molecule has 2 aromatic rings. The maximum atomic E-state index is 12.1. The van der Waals surface area contributed by atoms with Gasteiger partial charge in [0, 0.05) is 11.0 Å². The minimum Gasteiger partial charge on any atom is -0.348 e. The fraction of sp³-hybridized carbons (Fsp3) is 0.214. The average molecular weight is 346 g/mol. The van der Waals surface area contributed by atoms with E-state index in [1.807, 2.05) is 41.7 Å². The van der Waals surface area contributed by atoms with Crippen LogP contribution in [0.15, 0.2) is 40.9 Å². The molecule has 0 aliphatic rings. The van der Waals surface area contributed by atoms with Gasteiger partial charge >= 0.3 is 12.1 Å². The average Bonchev–Trinajstić information content (AvgIpc) is 2.40. The lowest BCUT2D eigenvalue weighted by atomic mass is 10.0. The number of hydrogen-bond acceptors (Lipinski definition) is 1.